The molecular formula is C8H17NO2. The third-order valence-electron chi connectivity index (χ3n) is 2.34. The lowest BCUT2D eigenvalue weighted by atomic mass is 9.97. The highest BCUT2D eigenvalue weighted by Gasteiger charge is 2.38. The molecule has 0 bridgehead atoms. The number of aliphatic hydroxyl groups is 1. The van der Waals surface area contributed by atoms with Crippen molar-refractivity contribution < 1.29 is 9.84 Å². The van der Waals surface area contributed by atoms with Gasteiger partial charge < -0.3 is 15.2 Å². The Hall–Kier alpha value is -0.120. The number of likely N-dealkylation sites (N-methyl/N-ethyl adjacent to an activating group) is 1. The molecule has 0 radical (unpaired) electrons. The van der Waals surface area contributed by atoms with E-state index in [0.717, 1.165) is 13.0 Å². The summed E-state index contributed by atoms with van der Waals surface area (Å²) in [4.78, 5) is 0. The molecule has 66 valence electrons. The van der Waals surface area contributed by atoms with E-state index in [-0.39, 0.29) is 6.10 Å². The van der Waals surface area contributed by atoms with Gasteiger partial charge in [0.1, 0.15) is 5.60 Å². The highest BCUT2D eigenvalue weighted by molar-refractivity contribution is 4.91. The van der Waals surface area contributed by atoms with Gasteiger partial charge in [0.15, 0.2) is 0 Å². The molecule has 1 heterocycles. The van der Waals surface area contributed by atoms with Crippen LogP contribution in [-0.4, -0.2) is 36.5 Å². The molecule has 1 saturated heterocycles. The Balaban J connectivity index is 2.38. The maximum atomic E-state index is 9.90. The van der Waals surface area contributed by atoms with Crippen molar-refractivity contribution in [3.05, 3.63) is 0 Å². The van der Waals surface area contributed by atoms with Gasteiger partial charge in [-0.25, -0.2) is 0 Å². The van der Waals surface area contributed by atoms with Gasteiger partial charge in [-0.05, 0) is 13.5 Å². The van der Waals surface area contributed by atoms with Gasteiger partial charge in [0.2, 0.25) is 0 Å². The quantitative estimate of drug-likeness (QED) is 0.615. The van der Waals surface area contributed by atoms with Crippen LogP contribution in [-0.2, 0) is 4.74 Å². The minimum Gasteiger partial charge on any atom is -0.386 e. The average Bonchev–Trinajstić information content (AvgIpc) is 2.30. The molecule has 0 aromatic rings. The van der Waals surface area contributed by atoms with E-state index in [9.17, 15) is 5.11 Å². The van der Waals surface area contributed by atoms with Crippen LogP contribution in [0.2, 0.25) is 0 Å². The van der Waals surface area contributed by atoms with Crippen molar-refractivity contribution in [2.45, 2.75) is 32.0 Å². The molecule has 1 aliphatic rings. The van der Waals surface area contributed by atoms with E-state index >= 15 is 0 Å². The molecule has 3 heteroatoms. The minimum absolute atomic E-state index is 0.0263. The molecule has 0 aliphatic carbocycles. The number of nitrogens with one attached hydrogen (secondary N) is 1. The SMILES string of the molecule is CCNCC1(O)CCOC1C. The first-order chi connectivity index (χ1) is 5.19. The van der Waals surface area contributed by atoms with E-state index in [4.69, 9.17) is 4.74 Å². The van der Waals surface area contributed by atoms with E-state index in [1.54, 1.807) is 0 Å². The predicted octanol–water partition coefficient (Wildman–Crippen LogP) is 0.136. The molecule has 0 spiro atoms. The van der Waals surface area contributed by atoms with Crippen molar-refractivity contribution in [2.75, 3.05) is 19.7 Å². The van der Waals surface area contributed by atoms with Gasteiger partial charge in [-0.15, -0.1) is 0 Å². The van der Waals surface area contributed by atoms with Crippen LogP contribution in [0.1, 0.15) is 20.3 Å². The summed E-state index contributed by atoms with van der Waals surface area (Å²) in [5, 5.41) is 13.0. The Morgan fingerprint density at radius 1 is 1.73 bits per heavy atom. The molecule has 0 saturated carbocycles. The second kappa shape index (κ2) is 3.52. The van der Waals surface area contributed by atoms with Gasteiger partial charge in [0.25, 0.3) is 0 Å². The fourth-order valence-corrected chi connectivity index (χ4v) is 1.34. The summed E-state index contributed by atoms with van der Waals surface area (Å²) < 4.78 is 5.28. The molecule has 1 rings (SSSR count). The highest BCUT2D eigenvalue weighted by atomic mass is 16.5. The number of rotatable bonds is 3. The average molecular weight is 159 g/mol. The summed E-state index contributed by atoms with van der Waals surface area (Å²) in [6, 6.07) is 0. The number of ether oxygens (including phenoxy) is 1. The van der Waals surface area contributed by atoms with Gasteiger partial charge >= 0.3 is 0 Å². The van der Waals surface area contributed by atoms with E-state index in [0.29, 0.717) is 13.2 Å². The summed E-state index contributed by atoms with van der Waals surface area (Å²) in [5.41, 5.74) is -0.629. The van der Waals surface area contributed by atoms with Crippen molar-refractivity contribution in [3.8, 4) is 0 Å². The first kappa shape index (κ1) is 8.97. The Kier molecular flexibility index (Phi) is 2.87. The summed E-state index contributed by atoms with van der Waals surface area (Å²) in [5.74, 6) is 0. The van der Waals surface area contributed by atoms with Crippen molar-refractivity contribution in [2.24, 2.45) is 0 Å². The van der Waals surface area contributed by atoms with Crippen molar-refractivity contribution in [3.63, 3.8) is 0 Å². The zero-order valence-corrected chi connectivity index (χ0v) is 7.26. The fraction of sp³-hybridized carbons (Fsp3) is 1.00. The lowest BCUT2D eigenvalue weighted by Gasteiger charge is -2.25. The lowest BCUT2D eigenvalue weighted by molar-refractivity contribution is -0.0257. The Morgan fingerprint density at radius 2 is 2.45 bits per heavy atom. The maximum absolute atomic E-state index is 9.90. The Labute approximate surface area is 67.7 Å². The molecule has 3 nitrogen and oxygen atoms in total. The molecular weight excluding hydrogens is 142 g/mol. The monoisotopic (exact) mass is 159 g/mol. The van der Waals surface area contributed by atoms with Crippen molar-refractivity contribution >= 4 is 0 Å². The molecule has 2 atom stereocenters. The molecule has 11 heavy (non-hydrogen) atoms. The van der Waals surface area contributed by atoms with Crippen LogP contribution in [0.5, 0.6) is 0 Å². The summed E-state index contributed by atoms with van der Waals surface area (Å²) in [7, 11) is 0. The highest BCUT2D eigenvalue weighted by Crippen LogP contribution is 2.24. The van der Waals surface area contributed by atoms with E-state index in [1.807, 2.05) is 13.8 Å². The van der Waals surface area contributed by atoms with Crippen molar-refractivity contribution in [1.82, 2.24) is 5.32 Å². The summed E-state index contributed by atoms with van der Waals surface area (Å²) in [6.07, 6.45) is 0.725. The van der Waals surface area contributed by atoms with Gasteiger partial charge in [-0.1, -0.05) is 6.92 Å². The molecule has 0 aromatic carbocycles. The van der Waals surface area contributed by atoms with Crippen LogP contribution in [0, 0.1) is 0 Å². The summed E-state index contributed by atoms with van der Waals surface area (Å²) in [6.45, 7) is 6.18. The Morgan fingerprint density at radius 3 is 2.91 bits per heavy atom. The predicted molar refractivity (Wildman–Crippen MR) is 43.5 cm³/mol. The van der Waals surface area contributed by atoms with Gasteiger partial charge in [0.05, 0.1) is 6.10 Å². The van der Waals surface area contributed by atoms with Crippen molar-refractivity contribution in [1.29, 1.82) is 0 Å². The zero-order chi connectivity index (χ0) is 8.32. The van der Waals surface area contributed by atoms with Crippen LogP contribution in [0.4, 0.5) is 0 Å². The fourth-order valence-electron chi connectivity index (χ4n) is 1.34. The first-order valence-electron chi connectivity index (χ1n) is 4.24. The van der Waals surface area contributed by atoms with Gasteiger partial charge in [-0.2, -0.15) is 0 Å². The molecule has 1 fully saturated rings. The smallest absolute Gasteiger partial charge is 0.105 e. The second-order valence-corrected chi connectivity index (χ2v) is 3.15. The van der Waals surface area contributed by atoms with Crippen LogP contribution >= 0.6 is 0 Å². The number of hydrogen-bond donors (Lipinski definition) is 2. The van der Waals surface area contributed by atoms with Gasteiger partial charge in [0, 0.05) is 19.6 Å². The van der Waals surface area contributed by atoms with Crippen LogP contribution in [0.25, 0.3) is 0 Å². The third-order valence-corrected chi connectivity index (χ3v) is 2.34. The molecule has 0 amide bonds. The normalized spacial score (nSPS) is 37.9. The van der Waals surface area contributed by atoms with Crippen LogP contribution < -0.4 is 5.32 Å². The van der Waals surface area contributed by atoms with E-state index < -0.39 is 5.60 Å². The van der Waals surface area contributed by atoms with E-state index in [1.165, 1.54) is 0 Å². The lowest BCUT2D eigenvalue weighted by Crippen LogP contribution is -2.45. The minimum atomic E-state index is -0.629. The maximum Gasteiger partial charge on any atom is 0.105 e. The third kappa shape index (κ3) is 1.92. The number of hydrogen-bond acceptors (Lipinski definition) is 3. The molecule has 0 aromatic heterocycles. The largest absolute Gasteiger partial charge is 0.386 e. The topological polar surface area (TPSA) is 41.5 Å². The first-order valence-corrected chi connectivity index (χ1v) is 4.24. The molecule has 2 N–H and O–H groups in total. The van der Waals surface area contributed by atoms with Gasteiger partial charge in [-0.3, -0.25) is 0 Å². The second-order valence-electron chi connectivity index (χ2n) is 3.15. The Bertz CT molecular complexity index is 129. The molecule has 2 unspecified atom stereocenters. The van der Waals surface area contributed by atoms with Crippen LogP contribution in [0.15, 0.2) is 0 Å². The van der Waals surface area contributed by atoms with Crippen LogP contribution in [0.3, 0.4) is 0 Å². The zero-order valence-electron chi connectivity index (χ0n) is 7.26. The standard InChI is InChI=1S/C8H17NO2/c1-3-9-6-8(10)4-5-11-7(8)2/h7,9-10H,3-6H2,1-2H3. The summed E-state index contributed by atoms with van der Waals surface area (Å²) >= 11 is 0. The van der Waals surface area contributed by atoms with E-state index in [2.05, 4.69) is 5.32 Å². The molecule has 1 aliphatic heterocycles.